The number of nitrogens with two attached hydrogens (primary N) is 1. The van der Waals surface area contributed by atoms with Crippen molar-refractivity contribution in [2.45, 2.75) is 6.42 Å². The zero-order chi connectivity index (χ0) is 11.1. The topological polar surface area (TPSA) is 55.1 Å². The third kappa shape index (κ3) is 5.39. The van der Waals surface area contributed by atoms with E-state index in [1.165, 1.54) is 11.8 Å². The Labute approximate surface area is 98.4 Å². The van der Waals surface area contributed by atoms with Crippen molar-refractivity contribution in [2.24, 2.45) is 5.73 Å². The average Bonchev–Trinajstić information content (AvgIpc) is 2.18. The summed E-state index contributed by atoms with van der Waals surface area (Å²) in [6.07, 6.45) is 0.348. The Morgan fingerprint density at radius 3 is 2.67 bits per heavy atom. The normalized spacial score (nSPS) is 9.60. The highest BCUT2D eigenvalue weighted by Gasteiger charge is 2.00. The third-order valence-corrected chi connectivity index (χ3v) is 2.83. The van der Waals surface area contributed by atoms with Crippen molar-refractivity contribution in [3.63, 3.8) is 0 Å². The lowest BCUT2D eigenvalue weighted by molar-refractivity contribution is -0.117. The maximum absolute atomic E-state index is 10.5. The Bertz CT molecular complexity index is 341. The second-order valence-corrected chi connectivity index (χ2v) is 4.62. The van der Waals surface area contributed by atoms with Gasteiger partial charge in [0.1, 0.15) is 4.32 Å². The van der Waals surface area contributed by atoms with Crippen LogP contribution in [0.2, 0.25) is 0 Å². The number of para-hydroxylation sites is 1. The van der Waals surface area contributed by atoms with Gasteiger partial charge in [0.2, 0.25) is 5.91 Å². The molecular weight excluding hydrogens is 228 g/mol. The number of rotatable bonds is 4. The standard InChI is InChI=1S/C10H12N2OS2/c11-9(13)6-7-15-10(14)12-8-4-2-1-3-5-8/h1-5H,6-7H2,(H2,11,13)(H,12,14). The van der Waals surface area contributed by atoms with Crippen LogP contribution in [-0.4, -0.2) is 16.0 Å². The van der Waals surface area contributed by atoms with Crippen LogP contribution in [0.15, 0.2) is 30.3 Å². The first-order valence-electron chi connectivity index (χ1n) is 4.45. The smallest absolute Gasteiger partial charge is 0.218 e. The molecule has 0 aliphatic carbocycles. The zero-order valence-corrected chi connectivity index (χ0v) is 9.74. The fraction of sp³-hybridized carbons (Fsp3) is 0.200. The van der Waals surface area contributed by atoms with E-state index in [-0.39, 0.29) is 5.91 Å². The second kappa shape index (κ2) is 6.42. The lowest BCUT2D eigenvalue weighted by atomic mass is 10.3. The summed E-state index contributed by atoms with van der Waals surface area (Å²) in [7, 11) is 0. The first-order chi connectivity index (χ1) is 7.18. The highest BCUT2D eigenvalue weighted by molar-refractivity contribution is 8.23. The Kier molecular flexibility index (Phi) is 5.14. The van der Waals surface area contributed by atoms with Gasteiger partial charge in [-0.05, 0) is 12.1 Å². The maximum atomic E-state index is 10.5. The lowest BCUT2D eigenvalue weighted by Crippen LogP contribution is -2.12. The molecule has 0 fully saturated rings. The quantitative estimate of drug-likeness (QED) is 0.790. The molecule has 0 radical (unpaired) electrons. The van der Waals surface area contributed by atoms with Gasteiger partial charge in [0.15, 0.2) is 0 Å². The monoisotopic (exact) mass is 240 g/mol. The predicted octanol–water partition coefficient (Wildman–Crippen LogP) is 1.99. The van der Waals surface area contributed by atoms with E-state index in [1.807, 2.05) is 30.3 Å². The fourth-order valence-electron chi connectivity index (χ4n) is 0.920. The summed E-state index contributed by atoms with van der Waals surface area (Å²) >= 11 is 6.51. The Morgan fingerprint density at radius 2 is 2.07 bits per heavy atom. The van der Waals surface area contributed by atoms with Crippen LogP contribution >= 0.6 is 24.0 Å². The van der Waals surface area contributed by atoms with E-state index in [0.29, 0.717) is 16.5 Å². The number of thiocarbonyl (C=S) groups is 1. The van der Waals surface area contributed by atoms with Crippen molar-refractivity contribution in [2.75, 3.05) is 11.1 Å². The predicted molar refractivity (Wildman–Crippen MR) is 68.9 cm³/mol. The molecule has 15 heavy (non-hydrogen) atoms. The van der Waals surface area contributed by atoms with Crippen LogP contribution in [0, 0.1) is 0 Å². The van der Waals surface area contributed by atoms with Crippen molar-refractivity contribution in [3.05, 3.63) is 30.3 Å². The second-order valence-electron chi connectivity index (χ2n) is 2.84. The van der Waals surface area contributed by atoms with Gasteiger partial charge in [-0.3, -0.25) is 4.79 Å². The largest absolute Gasteiger partial charge is 0.370 e. The maximum Gasteiger partial charge on any atom is 0.218 e. The van der Waals surface area contributed by atoms with E-state index in [9.17, 15) is 4.79 Å². The molecule has 0 saturated carbocycles. The number of nitrogens with one attached hydrogen (secondary N) is 1. The van der Waals surface area contributed by atoms with Crippen LogP contribution in [0.25, 0.3) is 0 Å². The van der Waals surface area contributed by atoms with Gasteiger partial charge in [0, 0.05) is 17.9 Å². The minimum absolute atomic E-state index is 0.301. The van der Waals surface area contributed by atoms with Gasteiger partial charge >= 0.3 is 0 Å². The Hall–Kier alpha value is -1.07. The fourth-order valence-corrected chi connectivity index (χ4v) is 1.97. The molecule has 0 aliphatic heterocycles. The van der Waals surface area contributed by atoms with Gasteiger partial charge in [0.25, 0.3) is 0 Å². The number of amides is 1. The van der Waals surface area contributed by atoms with Gasteiger partial charge in [-0.25, -0.2) is 0 Å². The number of benzene rings is 1. The summed E-state index contributed by atoms with van der Waals surface area (Å²) in [4.78, 5) is 10.5. The summed E-state index contributed by atoms with van der Waals surface area (Å²) in [5.41, 5.74) is 5.97. The van der Waals surface area contributed by atoms with Crippen LogP contribution < -0.4 is 11.1 Å². The highest BCUT2D eigenvalue weighted by Crippen LogP contribution is 2.11. The van der Waals surface area contributed by atoms with E-state index < -0.39 is 0 Å². The van der Waals surface area contributed by atoms with Crippen molar-refractivity contribution in [1.29, 1.82) is 0 Å². The van der Waals surface area contributed by atoms with Gasteiger partial charge in [-0.2, -0.15) is 0 Å². The number of anilines is 1. The molecule has 0 spiro atoms. The Balaban J connectivity index is 2.28. The molecular formula is C10H12N2OS2. The van der Waals surface area contributed by atoms with E-state index >= 15 is 0 Å². The molecule has 1 aromatic rings. The molecule has 1 rings (SSSR count). The van der Waals surface area contributed by atoms with Crippen molar-refractivity contribution in [1.82, 2.24) is 0 Å². The van der Waals surface area contributed by atoms with Crippen LogP contribution in [0.5, 0.6) is 0 Å². The molecule has 3 nitrogen and oxygen atoms in total. The zero-order valence-electron chi connectivity index (χ0n) is 8.10. The minimum Gasteiger partial charge on any atom is -0.370 e. The molecule has 1 aromatic carbocycles. The van der Waals surface area contributed by atoms with E-state index in [2.05, 4.69) is 5.32 Å². The first kappa shape index (κ1) is 12.0. The van der Waals surface area contributed by atoms with Crippen LogP contribution in [-0.2, 0) is 4.79 Å². The molecule has 0 bridgehead atoms. The van der Waals surface area contributed by atoms with E-state index in [1.54, 1.807) is 0 Å². The van der Waals surface area contributed by atoms with Crippen molar-refractivity contribution in [3.8, 4) is 0 Å². The number of carbonyl (C=O) groups excluding carboxylic acids is 1. The lowest BCUT2D eigenvalue weighted by Gasteiger charge is -2.06. The number of hydrogen-bond acceptors (Lipinski definition) is 3. The van der Waals surface area contributed by atoms with Crippen LogP contribution in [0.4, 0.5) is 5.69 Å². The molecule has 80 valence electrons. The molecule has 0 unspecified atom stereocenters. The summed E-state index contributed by atoms with van der Waals surface area (Å²) in [5, 5.41) is 3.06. The number of thioether (sulfide) groups is 1. The van der Waals surface area contributed by atoms with Gasteiger partial charge in [-0.1, -0.05) is 42.2 Å². The SMILES string of the molecule is NC(=O)CCSC(=S)Nc1ccccc1. The van der Waals surface area contributed by atoms with Crippen molar-refractivity contribution >= 4 is 39.9 Å². The van der Waals surface area contributed by atoms with Crippen LogP contribution in [0.3, 0.4) is 0 Å². The third-order valence-electron chi connectivity index (χ3n) is 1.60. The van der Waals surface area contributed by atoms with Crippen LogP contribution in [0.1, 0.15) is 6.42 Å². The summed E-state index contributed by atoms with van der Waals surface area (Å²) in [5.74, 6) is 0.318. The summed E-state index contributed by atoms with van der Waals surface area (Å²) in [6, 6.07) is 9.66. The number of hydrogen-bond donors (Lipinski definition) is 2. The van der Waals surface area contributed by atoms with Gasteiger partial charge < -0.3 is 11.1 Å². The number of carbonyl (C=O) groups is 1. The first-order valence-corrected chi connectivity index (χ1v) is 5.85. The highest BCUT2D eigenvalue weighted by atomic mass is 32.2. The summed E-state index contributed by atoms with van der Waals surface area (Å²) in [6.45, 7) is 0. The molecule has 0 aromatic heterocycles. The van der Waals surface area contributed by atoms with Crippen molar-refractivity contribution < 1.29 is 4.79 Å². The van der Waals surface area contributed by atoms with Gasteiger partial charge in [0.05, 0.1) is 0 Å². The molecule has 1 amide bonds. The van der Waals surface area contributed by atoms with Gasteiger partial charge in [-0.15, -0.1) is 0 Å². The molecule has 5 heteroatoms. The average molecular weight is 240 g/mol. The number of primary amides is 1. The molecule has 0 aliphatic rings. The molecule has 3 N–H and O–H groups in total. The van der Waals surface area contributed by atoms with E-state index in [0.717, 1.165) is 5.69 Å². The molecule has 0 saturated heterocycles. The molecule has 0 heterocycles. The van der Waals surface area contributed by atoms with E-state index in [4.69, 9.17) is 18.0 Å². The summed E-state index contributed by atoms with van der Waals surface area (Å²) < 4.78 is 0.655. The Morgan fingerprint density at radius 1 is 1.40 bits per heavy atom. The minimum atomic E-state index is -0.301. The molecule has 0 atom stereocenters.